The zero-order chi connectivity index (χ0) is 16.7. The number of halogens is 1. The first-order chi connectivity index (χ1) is 11.6. The minimum Gasteiger partial charge on any atom is -0.349 e. The van der Waals surface area contributed by atoms with Crippen molar-refractivity contribution in [2.24, 2.45) is 5.10 Å². The smallest absolute Gasteiger partial charge is 0.349 e. The molecule has 0 saturated carbocycles. The molecule has 0 amide bonds. The highest BCUT2D eigenvalue weighted by Crippen LogP contribution is 2.19. The summed E-state index contributed by atoms with van der Waals surface area (Å²) in [4.78, 5) is 30.5. The molecule has 2 aromatic heterocycles. The number of rotatable bonds is 2. The highest BCUT2D eigenvalue weighted by atomic mass is 35.5. The van der Waals surface area contributed by atoms with Gasteiger partial charge in [-0.2, -0.15) is 5.10 Å². The quantitative estimate of drug-likeness (QED) is 0.551. The van der Waals surface area contributed by atoms with Crippen LogP contribution in [0.4, 0.5) is 0 Å². The normalized spacial score (nSPS) is 11.7. The van der Waals surface area contributed by atoms with Crippen LogP contribution in [0, 0.1) is 0 Å². The van der Waals surface area contributed by atoms with Crippen molar-refractivity contribution in [1.29, 1.82) is 0 Å². The predicted octanol–water partition coefficient (Wildman–Crippen LogP) is 2.71. The van der Waals surface area contributed by atoms with Gasteiger partial charge in [0.2, 0.25) is 0 Å². The van der Waals surface area contributed by atoms with Crippen molar-refractivity contribution in [2.75, 3.05) is 0 Å². The first-order valence-corrected chi connectivity index (χ1v) is 7.57. The largest absolute Gasteiger partial charge is 0.350 e. The van der Waals surface area contributed by atoms with Crippen LogP contribution < -0.4 is 11.2 Å². The number of aromatic nitrogens is 3. The van der Waals surface area contributed by atoms with E-state index in [9.17, 15) is 9.59 Å². The van der Waals surface area contributed by atoms with Gasteiger partial charge in [-0.1, -0.05) is 41.9 Å². The van der Waals surface area contributed by atoms with E-state index in [2.05, 4.69) is 15.1 Å². The molecular weight excluding hydrogens is 328 g/mol. The Hall–Kier alpha value is -3.12. The third-order valence-corrected chi connectivity index (χ3v) is 3.98. The molecule has 6 nitrogen and oxygen atoms in total. The fourth-order valence-corrected chi connectivity index (χ4v) is 2.69. The standard InChI is InChI=1S/C17H11ClN4O2/c18-11-7-5-10(6-8-11)9-19-22-16(23)15-14(21-17(22)24)12-3-1-2-4-13(12)20-15/h1-9,20H,(H,21,24)/b19-9-. The molecule has 0 aliphatic rings. The number of benzene rings is 2. The summed E-state index contributed by atoms with van der Waals surface area (Å²) in [5.74, 6) is 0. The predicted molar refractivity (Wildman–Crippen MR) is 95.1 cm³/mol. The van der Waals surface area contributed by atoms with Crippen LogP contribution in [0.1, 0.15) is 5.56 Å². The average Bonchev–Trinajstić information content (AvgIpc) is 2.95. The van der Waals surface area contributed by atoms with Gasteiger partial charge in [-0.15, -0.1) is 4.68 Å². The van der Waals surface area contributed by atoms with Gasteiger partial charge in [0.25, 0.3) is 0 Å². The van der Waals surface area contributed by atoms with Gasteiger partial charge in [0, 0.05) is 15.9 Å². The van der Waals surface area contributed by atoms with Crippen LogP contribution in [0.15, 0.2) is 63.2 Å². The Kier molecular flexibility index (Phi) is 3.32. The minimum atomic E-state index is -0.595. The van der Waals surface area contributed by atoms with Crippen molar-refractivity contribution in [3.8, 4) is 0 Å². The molecule has 0 radical (unpaired) electrons. The molecule has 4 aromatic rings. The Labute approximate surface area is 140 Å². The summed E-state index contributed by atoms with van der Waals surface area (Å²) in [5.41, 5.74) is 1.20. The van der Waals surface area contributed by atoms with Gasteiger partial charge in [0.05, 0.1) is 11.7 Å². The first-order valence-electron chi connectivity index (χ1n) is 7.19. The number of hydrogen-bond donors (Lipinski definition) is 2. The molecule has 0 saturated heterocycles. The SMILES string of the molecule is O=c1[nH]c2c([nH]c3ccccc32)c(=O)n1/N=C\c1ccc(Cl)cc1. The molecule has 4 rings (SSSR count). The Morgan fingerprint density at radius 1 is 0.958 bits per heavy atom. The van der Waals surface area contributed by atoms with E-state index < -0.39 is 11.2 Å². The number of para-hydroxylation sites is 1. The number of hydrogen-bond acceptors (Lipinski definition) is 3. The van der Waals surface area contributed by atoms with E-state index in [-0.39, 0.29) is 0 Å². The second kappa shape index (κ2) is 5.50. The maximum absolute atomic E-state index is 12.6. The first kappa shape index (κ1) is 14.5. The second-order valence-electron chi connectivity index (χ2n) is 5.26. The van der Waals surface area contributed by atoms with Gasteiger partial charge in [-0.25, -0.2) is 4.79 Å². The topological polar surface area (TPSA) is 83.0 Å². The molecule has 2 heterocycles. The third kappa shape index (κ3) is 2.33. The Morgan fingerprint density at radius 3 is 2.50 bits per heavy atom. The fraction of sp³-hybridized carbons (Fsp3) is 0. The van der Waals surface area contributed by atoms with E-state index in [0.29, 0.717) is 16.1 Å². The second-order valence-corrected chi connectivity index (χ2v) is 5.70. The lowest BCUT2D eigenvalue weighted by molar-refractivity contribution is 0.770. The molecular formula is C17H11ClN4O2. The molecule has 24 heavy (non-hydrogen) atoms. The van der Waals surface area contributed by atoms with Gasteiger partial charge in [-0.3, -0.25) is 4.79 Å². The molecule has 0 unspecified atom stereocenters. The lowest BCUT2D eigenvalue weighted by atomic mass is 10.2. The van der Waals surface area contributed by atoms with Crippen LogP contribution in [0.2, 0.25) is 5.02 Å². The molecule has 0 aliphatic heterocycles. The van der Waals surface area contributed by atoms with Crippen molar-refractivity contribution in [2.45, 2.75) is 0 Å². The molecule has 0 atom stereocenters. The number of H-pyrrole nitrogens is 2. The zero-order valence-electron chi connectivity index (χ0n) is 12.3. The maximum Gasteiger partial charge on any atom is 0.350 e. The van der Waals surface area contributed by atoms with Crippen LogP contribution in [-0.2, 0) is 0 Å². The van der Waals surface area contributed by atoms with Gasteiger partial charge >= 0.3 is 11.2 Å². The van der Waals surface area contributed by atoms with Gasteiger partial charge in [-0.05, 0) is 23.8 Å². The fourth-order valence-electron chi connectivity index (χ4n) is 2.57. The third-order valence-electron chi connectivity index (χ3n) is 3.73. The number of fused-ring (bicyclic) bond motifs is 3. The van der Waals surface area contributed by atoms with Crippen LogP contribution in [-0.4, -0.2) is 20.9 Å². The average molecular weight is 339 g/mol. The lowest BCUT2D eigenvalue weighted by Crippen LogP contribution is -2.32. The Morgan fingerprint density at radius 2 is 1.71 bits per heavy atom. The summed E-state index contributed by atoms with van der Waals surface area (Å²) >= 11 is 5.82. The Balaban J connectivity index is 1.90. The van der Waals surface area contributed by atoms with E-state index >= 15 is 0 Å². The van der Waals surface area contributed by atoms with Gasteiger partial charge < -0.3 is 9.97 Å². The summed E-state index contributed by atoms with van der Waals surface area (Å²) in [7, 11) is 0. The number of aromatic amines is 2. The summed E-state index contributed by atoms with van der Waals surface area (Å²) in [6.07, 6.45) is 1.43. The molecule has 0 spiro atoms. The van der Waals surface area contributed by atoms with Crippen LogP contribution in [0.5, 0.6) is 0 Å². The maximum atomic E-state index is 12.6. The van der Waals surface area contributed by atoms with Crippen LogP contribution in [0.25, 0.3) is 21.9 Å². The lowest BCUT2D eigenvalue weighted by Gasteiger charge is -1.98. The highest BCUT2D eigenvalue weighted by Gasteiger charge is 2.11. The molecule has 2 aromatic carbocycles. The summed E-state index contributed by atoms with van der Waals surface area (Å²) in [6, 6.07) is 14.3. The molecule has 2 N–H and O–H groups in total. The molecule has 0 aliphatic carbocycles. The van der Waals surface area contributed by atoms with Crippen LogP contribution >= 0.6 is 11.6 Å². The highest BCUT2D eigenvalue weighted by molar-refractivity contribution is 6.30. The van der Waals surface area contributed by atoms with Crippen molar-refractivity contribution in [3.05, 3.63) is 80.0 Å². The van der Waals surface area contributed by atoms with Crippen LogP contribution in [0.3, 0.4) is 0 Å². The molecule has 118 valence electrons. The number of nitrogens with zero attached hydrogens (tertiary/aromatic N) is 2. The molecule has 7 heteroatoms. The van der Waals surface area contributed by atoms with Crippen molar-refractivity contribution in [3.63, 3.8) is 0 Å². The van der Waals surface area contributed by atoms with E-state index in [4.69, 9.17) is 11.6 Å². The van der Waals surface area contributed by atoms with Gasteiger partial charge in [0.15, 0.2) is 0 Å². The zero-order valence-corrected chi connectivity index (χ0v) is 13.0. The van der Waals surface area contributed by atoms with Gasteiger partial charge in [0.1, 0.15) is 5.52 Å². The van der Waals surface area contributed by atoms with E-state index in [1.807, 2.05) is 24.3 Å². The Bertz CT molecular complexity index is 1200. The van der Waals surface area contributed by atoms with E-state index in [1.165, 1.54) is 6.21 Å². The molecule has 0 bridgehead atoms. The summed E-state index contributed by atoms with van der Waals surface area (Å²) < 4.78 is 0.798. The van der Waals surface area contributed by atoms with Crippen molar-refractivity contribution in [1.82, 2.24) is 14.6 Å². The van der Waals surface area contributed by atoms with E-state index in [1.54, 1.807) is 24.3 Å². The van der Waals surface area contributed by atoms with E-state index in [0.717, 1.165) is 21.1 Å². The van der Waals surface area contributed by atoms with Crippen molar-refractivity contribution < 1.29 is 0 Å². The monoisotopic (exact) mass is 338 g/mol. The minimum absolute atomic E-state index is 0.309. The number of nitrogens with one attached hydrogen (secondary N) is 2. The summed E-state index contributed by atoms with van der Waals surface area (Å²) in [6.45, 7) is 0. The van der Waals surface area contributed by atoms with Crippen molar-refractivity contribution >= 4 is 39.8 Å². The molecule has 0 fully saturated rings. The summed E-state index contributed by atoms with van der Waals surface area (Å²) in [5, 5.41) is 5.38.